The van der Waals surface area contributed by atoms with Gasteiger partial charge in [-0.3, -0.25) is 29.4 Å². The van der Waals surface area contributed by atoms with Crippen LogP contribution in [0.4, 0.5) is 15.8 Å². The third kappa shape index (κ3) is 7.58. The predicted molar refractivity (Wildman–Crippen MR) is 221 cm³/mol. The number of halogens is 1. The number of benzene rings is 3. The molecular formula is C44H46FN7O4S. The van der Waals surface area contributed by atoms with Crippen LogP contribution in [0.15, 0.2) is 66.7 Å². The molecule has 9 rings (SSSR count). The van der Waals surface area contributed by atoms with E-state index in [0.29, 0.717) is 52.5 Å². The van der Waals surface area contributed by atoms with Crippen molar-refractivity contribution in [2.45, 2.75) is 63.5 Å². The van der Waals surface area contributed by atoms with E-state index < -0.39 is 5.82 Å². The highest BCUT2D eigenvalue weighted by Crippen LogP contribution is 2.41. The van der Waals surface area contributed by atoms with E-state index in [9.17, 15) is 19.2 Å². The monoisotopic (exact) mass is 787 g/mol. The minimum absolute atomic E-state index is 0.00807. The number of nitrogens with zero attached hydrogens (tertiary/aromatic N) is 3. The van der Waals surface area contributed by atoms with Crippen LogP contribution in [0, 0.1) is 11.7 Å². The van der Waals surface area contributed by atoms with Crippen LogP contribution in [-0.2, 0) is 9.59 Å². The molecule has 3 aliphatic heterocycles. The van der Waals surface area contributed by atoms with Gasteiger partial charge < -0.3 is 20.9 Å². The summed E-state index contributed by atoms with van der Waals surface area (Å²) in [5.74, 6) is -0.934. The number of fused-ring (bicyclic) bond motifs is 5. The number of imide groups is 1. The summed E-state index contributed by atoms with van der Waals surface area (Å²) in [6.07, 6.45) is 4.81. The van der Waals surface area contributed by atoms with Gasteiger partial charge in [-0.1, -0.05) is 12.1 Å². The van der Waals surface area contributed by atoms with E-state index in [0.717, 1.165) is 90.8 Å². The van der Waals surface area contributed by atoms with Crippen molar-refractivity contribution in [3.8, 4) is 11.3 Å². The van der Waals surface area contributed by atoms with Gasteiger partial charge in [-0.05, 0) is 105 Å². The van der Waals surface area contributed by atoms with E-state index in [1.54, 1.807) is 18.2 Å². The van der Waals surface area contributed by atoms with E-state index in [1.165, 1.54) is 17.4 Å². The Kier molecular flexibility index (Phi) is 10.1. The fourth-order valence-corrected chi connectivity index (χ4v) is 10.1. The second-order valence-electron chi connectivity index (χ2n) is 16.0. The lowest BCUT2D eigenvalue weighted by molar-refractivity contribution is -0.134. The molecule has 0 radical (unpaired) electrons. The number of anilines is 2. The van der Waals surface area contributed by atoms with Crippen LogP contribution >= 0.6 is 11.3 Å². The molecule has 2 atom stereocenters. The highest BCUT2D eigenvalue weighted by Gasteiger charge is 2.30. The highest BCUT2D eigenvalue weighted by molar-refractivity contribution is 7.21. The molecule has 5 heterocycles. The van der Waals surface area contributed by atoms with Crippen molar-refractivity contribution in [3.63, 3.8) is 0 Å². The first kappa shape index (κ1) is 37.2. The van der Waals surface area contributed by atoms with E-state index in [2.05, 4.69) is 43.2 Å². The SMILES string of the molecule is C[C@@H]1CNc2c(sc3ccc4nc(-c5ccc(C(=O)NC6CCC(CN7CCN(c8ccc(C9CCC(=O)NC9=O)cc8)CC7)CC6)cc5F)ccc4c23)C(=O)N1. The van der Waals surface area contributed by atoms with E-state index >= 15 is 4.39 Å². The average molecular weight is 788 g/mol. The lowest BCUT2D eigenvalue weighted by Crippen LogP contribution is -2.48. The quantitative estimate of drug-likeness (QED) is 0.139. The fourth-order valence-electron chi connectivity index (χ4n) is 8.98. The number of rotatable bonds is 7. The van der Waals surface area contributed by atoms with Crippen LogP contribution in [0.3, 0.4) is 0 Å². The first-order valence-corrected chi connectivity index (χ1v) is 20.9. The Bertz CT molecular complexity index is 2380. The number of piperidine rings is 1. The van der Waals surface area contributed by atoms with Crippen LogP contribution in [0.25, 0.3) is 32.2 Å². The van der Waals surface area contributed by atoms with Crippen molar-refractivity contribution in [2.75, 3.05) is 49.5 Å². The molecule has 11 nitrogen and oxygen atoms in total. The maximum Gasteiger partial charge on any atom is 0.263 e. The normalized spacial score (nSPS) is 23.1. The zero-order valence-electron chi connectivity index (χ0n) is 31.9. The smallest absolute Gasteiger partial charge is 0.263 e. The number of nitrogens with one attached hydrogen (secondary N) is 4. The number of pyridine rings is 1. The second kappa shape index (κ2) is 15.5. The minimum Gasteiger partial charge on any atom is -0.381 e. The van der Waals surface area contributed by atoms with Crippen molar-refractivity contribution >= 4 is 67.3 Å². The summed E-state index contributed by atoms with van der Waals surface area (Å²) >= 11 is 1.45. The van der Waals surface area contributed by atoms with Crippen LogP contribution in [0.5, 0.6) is 0 Å². The molecule has 294 valence electrons. The lowest BCUT2D eigenvalue weighted by Gasteiger charge is -2.39. The zero-order valence-corrected chi connectivity index (χ0v) is 32.7. The molecule has 57 heavy (non-hydrogen) atoms. The van der Waals surface area contributed by atoms with Gasteiger partial charge in [0, 0.05) is 90.1 Å². The topological polar surface area (TPSA) is 136 Å². The third-order valence-corrected chi connectivity index (χ3v) is 13.3. The third-order valence-electron chi connectivity index (χ3n) is 12.2. The Morgan fingerprint density at radius 2 is 1.72 bits per heavy atom. The number of carbonyl (C=O) groups is 4. The molecule has 1 aliphatic carbocycles. The molecule has 1 saturated carbocycles. The van der Waals surface area contributed by atoms with E-state index in [-0.39, 0.29) is 41.6 Å². The van der Waals surface area contributed by atoms with Crippen molar-refractivity contribution in [1.82, 2.24) is 25.8 Å². The maximum absolute atomic E-state index is 15.6. The average Bonchev–Trinajstić information content (AvgIpc) is 3.54. The van der Waals surface area contributed by atoms with Gasteiger partial charge in [-0.25, -0.2) is 9.37 Å². The van der Waals surface area contributed by atoms with Crippen molar-refractivity contribution in [2.24, 2.45) is 5.92 Å². The van der Waals surface area contributed by atoms with E-state index in [1.807, 2.05) is 37.3 Å². The number of aromatic nitrogens is 1. The molecule has 2 saturated heterocycles. The summed E-state index contributed by atoms with van der Waals surface area (Å²) < 4.78 is 16.6. The Morgan fingerprint density at radius 1 is 0.930 bits per heavy atom. The van der Waals surface area contributed by atoms with Gasteiger partial charge in [0.25, 0.3) is 11.8 Å². The summed E-state index contributed by atoms with van der Waals surface area (Å²) in [6.45, 7) is 7.48. The van der Waals surface area contributed by atoms with Gasteiger partial charge in [0.15, 0.2) is 0 Å². The summed E-state index contributed by atoms with van der Waals surface area (Å²) in [7, 11) is 0. The Labute approximate surface area is 334 Å². The maximum atomic E-state index is 15.6. The van der Waals surface area contributed by atoms with Gasteiger partial charge >= 0.3 is 0 Å². The Morgan fingerprint density at radius 3 is 2.47 bits per heavy atom. The van der Waals surface area contributed by atoms with Gasteiger partial charge in [0.05, 0.1) is 22.8 Å². The Balaban J connectivity index is 0.763. The summed E-state index contributed by atoms with van der Waals surface area (Å²) in [4.78, 5) is 60.3. The predicted octanol–water partition coefficient (Wildman–Crippen LogP) is 6.43. The number of carbonyl (C=O) groups excluding carboxylic acids is 4. The molecule has 4 N–H and O–H groups in total. The Hall–Kier alpha value is -5.40. The summed E-state index contributed by atoms with van der Waals surface area (Å²) in [5, 5.41) is 13.9. The number of piperazine rings is 1. The van der Waals surface area contributed by atoms with Crippen molar-refractivity contribution < 1.29 is 23.6 Å². The molecule has 3 fully saturated rings. The molecule has 0 spiro atoms. The first-order chi connectivity index (χ1) is 27.7. The highest BCUT2D eigenvalue weighted by atomic mass is 32.1. The molecule has 0 bridgehead atoms. The van der Waals surface area contributed by atoms with Gasteiger partial charge in [0.2, 0.25) is 11.8 Å². The van der Waals surface area contributed by atoms with Gasteiger partial charge in [-0.15, -0.1) is 11.3 Å². The number of hydrogen-bond acceptors (Lipinski definition) is 9. The van der Waals surface area contributed by atoms with Gasteiger partial charge in [0.1, 0.15) is 10.7 Å². The lowest BCUT2D eigenvalue weighted by atomic mass is 9.85. The minimum atomic E-state index is -0.500. The summed E-state index contributed by atoms with van der Waals surface area (Å²) in [6, 6.07) is 20.5. The molecular weight excluding hydrogens is 742 g/mol. The van der Waals surface area contributed by atoms with Gasteiger partial charge in [-0.2, -0.15) is 0 Å². The zero-order chi connectivity index (χ0) is 39.2. The molecule has 13 heteroatoms. The number of amides is 4. The van der Waals surface area contributed by atoms with Crippen molar-refractivity contribution in [3.05, 3.63) is 88.6 Å². The number of hydrogen-bond donors (Lipinski definition) is 4. The number of thiophene rings is 1. The molecule has 2 aromatic heterocycles. The van der Waals surface area contributed by atoms with Crippen LogP contribution < -0.4 is 26.2 Å². The summed E-state index contributed by atoms with van der Waals surface area (Å²) in [5.41, 5.74) is 4.73. The van der Waals surface area contributed by atoms with Crippen LogP contribution in [0.2, 0.25) is 0 Å². The molecule has 4 amide bonds. The van der Waals surface area contributed by atoms with Crippen molar-refractivity contribution in [1.29, 1.82) is 0 Å². The molecule has 3 aromatic carbocycles. The second-order valence-corrected chi connectivity index (χ2v) is 17.1. The van der Waals surface area contributed by atoms with Crippen LogP contribution in [-0.4, -0.2) is 84.9 Å². The molecule has 1 unspecified atom stereocenters. The van der Waals surface area contributed by atoms with E-state index in [4.69, 9.17) is 4.98 Å². The van der Waals surface area contributed by atoms with Crippen LogP contribution in [0.1, 0.15) is 77.0 Å². The molecule has 5 aromatic rings. The fraction of sp³-hybridized carbons (Fsp3) is 0.386. The molecule has 4 aliphatic rings. The standard InChI is InChI=1S/C44H46FN7O4S/c1-25-23-46-40-39-33-12-14-35(49-36(33)15-16-37(39)57-41(40)44(56)47-25)32-11-6-28(22-34(32)45)42(54)48-29-7-2-26(3-8-29)24-51-18-20-52(21-19-51)30-9-4-27(5-10-30)31-13-17-38(53)50-43(31)55/h4-6,9-12,14-16,22,25-26,29,31,46H,2-3,7-8,13,17-21,23-24H2,1H3,(H,47,56)(H,48,54)(H,50,53,55)/t25-,26?,29?,31?/m1/s1. The largest absolute Gasteiger partial charge is 0.381 e. The first-order valence-electron chi connectivity index (χ1n) is 20.1.